The van der Waals surface area contributed by atoms with Crippen LogP contribution in [-0.2, 0) is 28.6 Å². The molecule has 0 aromatic heterocycles. The van der Waals surface area contributed by atoms with Crippen LogP contribution < -0.4 is 0 Å². The lowest BCUT2D eigenvalue weighted by atomic mass is 10.1. The molecule has 0 bridgehead atoms. The maximum absolute atomic E-state index is 12.8. The first-order chi connectivity index (χ1) is 36.5. The van der Waals surface area contributed by atoms with Gasteiger partial charge < -0.3 is 14.2 Å². The van der Waals surface area contributed by atoms with E-state index in [-0.39, 0.29) is 37.5 Å². The van der Waals surface area contributed by atoms with Crippen LogP contribution in [0.3, 0.4) is 0 Å². The van der Waals surface area contributed by atoms with E-state index in [1.165, 1.54) is 96.3 Å². The van der Waals surface area contributed by atoms with Crippen molar-refractivity contribution in [3.05, 3.63) is 134 Å². The zero-order valence-electron chi connectivity index (χ0n) is 47.8. The van der Waals surface area contributed by atoms with E-state index in [1.807, 2.05) is 0 Å². The molecule has 1 atom stereocenters. The average Bonchev–Trinajstić information content (AvgIpc) is 3.40. The minimum absolute atomic E-state index is 0.101. The van der Waals surface area contributed by atoms with Crippen molar-refractivity contribution in [2.45, 2.75) is 264 Å². The van der Waals surface area contributed by atoms with Gasteiger partial charge >= 0.3 is 17.9 Å². The summed E-state index contributed by atoms with van der Waals surface area (Å²) < 4.78 is 16.8. The van der Waals surface area contributed by atoms with Crippen LogP contribution in [0.25, 0.3) is 0 Å². The van der Waals surface area contributed by atoms with Gasteiger partial charge in [0.15, 0.2) is 6.10 Å². The molecule has 0 spiro atoms. The van der Waals surface area contributed by atoms with Crippen LogP contribution in [0.15, 0.2) is 134 Å². The third kappa shape index (κ3) is 58.4. The SMILES string of the molecule is CC/C=C\C/C=C\C/C=C\C/C=C\C/C=C\C/C=C\C/C=C\C/C=C\C/C=C\CCCC(=O)OCC(COC(=O)CCCCCCCCCCC)OC(=O)CCCCCCCCC/C=C\C/C=C\CCCCCC. The van der Waals surface area contributed by atoms with Crippen molar-refractivity contribution in [1.82, 2.24) is 0 Å². The number of carbonyl (C=O) groups is 3. The molecule has 0 radical (unpaired) electrons. The summed E-state index contributed by atoms with van der Waals surface area (Å²) in [6.45, 7) is 6.43. The van der Waals surface area contributed by atoms with Gasteiger partial charge in [0.05, 0.1) is 0 Å². The molecule has 0 saturated heterocycles. The van der Waals surface area contributed by atoms with Crippen LogP contribution >= 0.6 is 0 Å². The second kappa shape index (κ2) is 61.1. The molecule has 418 valence electrons. The van der Waals surface area contributed by atoms with E-state index < -0.39 is 6.10 Å². The number of esters is 3. The third-order valence-corrected chi connectivity index (χ3v) is 12.4. The van der Waals surface area contributed by atoms with Gasteiger partial charge in [0.2, 0.25) is 0 Å². The molecule has 6 heteroatoms. The Kier molecular flexibility index (Phi) is 57.4. The minimum atomic E-state index is -0.808. The molecule has 0 fully saturated rings. The van der Waals surface area contributed by atoms with Crippen LogP contribution in [0.5, 0.6) is 0 Å². The molecule has 0 aliphatic heterocycles. The first-order valence-corrected chi connectivity index (χ1v) is 30.2. The fourth-order valence-corrected chi connectivity index (χ4v) is 7.89. The number of carbonyl (C=O) groups excluding carboxylic acids is 3. The van der Waals surface area contributed by atoms with E-state index in [4.69, 9.17) is 14.2 Å². The van der Waals surface area contributed by atoms with Crippen LogP contribution in [-0.4, -0.2) is 37.2 Å². The highest BCUT2D eigenvalue weighted by molar-refractivity contribution is 5.71. The first kappa shape index (κ1) is 69.5. The maximum atomic E-state index is 12.8. The number of hydrogen-bond donors (Lipinski definition) is 0. The van der Waals surface area contributed by atoms with Crippen molar-refractivity contribution in [3.63, 3.8) is 0 Å². The third-order valence-electron chi connectivity index (χ3n) is 12.4. The smallest absolute Gasteiger partial charge is 0.306 e. The zero-order chi connectivity index (χ0) is 53.6. The fourth-order valence-electron chi connectivity index (χ4n) is 7.89. The first-order valence-electron chi connectivity index (χ1n) is 30.2. The number of unbranched alkanes of at least 4 members (excludes halogenated alkanes) is 20. The summed E-state index contributed by atoms with van der Waals surface area (Å²) in [7, 11) is 0. The maximum Gasteiger partial charge on any atom is 0.306 e. The van der Waals surface area contributed by atoms with Crippen molar-refractivity contribution < 1.29 is 28.6 Å². The van der Waals surface area contributed by atoms with Gasteiger partial charge in [-0.2, -0.15) is 0 Å². The second-order valence-electron chi connectivity index (χ2n) is 19.5. The fraction of sp³-hybridized carbons (Fsp3) is 0.632. The van der Waals surface area contributed by atoms with Gasteiger partial charge in [-0.15, -0.1) is 0 Å². The zero-order valence-corrected chi connectivity index (χ0v) is 47.8. The van der Waals surface area contributed by atoms with E-state index in [1.54, 1.807) is 0 Å². The highest BCUT2D eigenvalue weighted by Gasteiger charge is 2.19. The topological polar surface area (TPSA) is 78.9 Å². The quantitative estimate of drug-likeness (QED) is 0.0261. The van der Waals surface area contributed by atoms with Gasteiger partial charge in [0, 0.05) is 19.3 Å². The highest BCUT2D eigenvalue weighted by atomic mass is 16.6. The van der Waals surface area contributed by atoms with Gasteiger partial charge in [-0.05, 0) is 116 Å². The molecular weight excluding hydrogens is 913 g/mol. The molecule has 0 aromatic carbocycles. The van der Waals surface area contributed by atoms with E-state index in [0.29, 0.717) is 19.3 Å². The Morgan fingerprint density at radius 2 is 0.541 bits per heavy atom. The van der Waals surface area contributed by atoms with Crippen molar-refractivity contribution in [3.8, 4) is 0 Å². The van der Waals surface area contributed by atoms with Crippen molar-refractivity contribution in [2.75, 3.05) is 13.2 Å². The van der Waals surface area contributed by atoms with Gasteiger partial charge in [-0.3, -0.25) is 14.4 Å². The highest BCUT2D eigenvalue weighted by Crippen LogP contribution is 2.14. The predicted octanol–water partition coefficient (Wildman–Crippen LogP) is 20.6. The largest absolute Gasteiger partial charge is 0.462 e. The number of allylic oxidation sites excluding steroid dienone is 22. The molecule has 6 nitrogen and oxygen atoms in total. The summed E-state index contributed by atoms with van der Waals surface area (Å²) in [5.41, 5.74) is 0. The van der Waals surface area contributed by atoms with Crippen LogP contribution in [0.1, 0.15) is 258 Å². The molecule has 0 amide bonds. The van der Waals surface area contributed by atoms with Gasteiger partial charge in [-0.25, -0.2) is 0 Å². The summed E-state index contributed by atoms with van der Waals surface area (Å²) in [5.74, 6) is -0.977. The molecule has 0 aliphatic rings. The second-order valence-corrected chi connectivity index (χ2v) is 19.5. The normalized spacial score (nSPS) is 13.1. The van der Waals surface area contributed by atoms with Crippen LogP contribution in [0.2, 0.25) is 0 Å². The molecule has 74 heavy (non-hydrogen) atoms. The van der Waals surface area contributed by atoms with Crippen molar-refractivity contribution in [1.29, 1.82) is 0 Å². The van der Waals surface area contributed by atoms with Crippen molar-refractivity contribution >= 4 is 17.9 Å². The Labute approximate surface area is 455 Å². The summed E-state index contributed by atoms with van der Waals surface area (Å²) >= 11 is 0. The molecule has 1 unspecified atom stereocenters. The Morgan fingerprint density at radius 3 is 0.892 bits per heavy atom. The lowest BCUT2D eigenvalue weighted by molar-refractivity contribution is -0.167. The van der Waals surface area contributed by atoms with E-state index >= 15 is 0 Å². The Balaban J connectivity index is 4.38. The Hall–Kier alpha value is -4.45. The summed E-state index contributed by atoms with van der Waals surface area (Å²) in [6, 6.07) is 0. The standard InChI is InChI=1S/C68H110O6/c1-4-7-10-13-16-19-21-23-25-27-29-30-31-32-33-34-35-36-37-38-39-41-42-44-46-49-52-55-58-61-67(70)73-64-65(63-72-66(69)60-57-54-51-48-18-15-12-9-6-3)74-68(71)62-59-56-53-50-47-45-43-40-28-26-24-22-20-17-14-11-8-5-2/h7,10,16,19-20,22-23,25-26,28-30,32-33,35-36,38-39,42,44,49,52,65H,4-6,8-9,11-15,17-18,21,24,27,31,34,37,40-41,43,45-48,50-51,53-64H2,1-3H3/b10-7-,19-16-,22-20-,25-23-,28-26-,30-29-,33-32-,36-35-,39-38-,44-42-,52-49-. The predicted molar refractivity (Wildman–Crippen MR) is 320 cm³/mol. The van der Waals surface area contributed by atoms with E-state index in [0.717, 1.165) is 116 Å². The Morgan fingerprint density at radius 1 is 0.284 bits per heavy atom. The molecule has 0 aromatic rings. The minimum Gasteiger partial charge on any atom is -0.462 e. The molecule has 0 saturated carbocycles. The Bertz CT molecular complexity index is 1600. The number of hydrogen-bond acceptors (Lipinski definition) is 6. The van der Waals surface area contributed by atoms with Gasteiger partial charge in [-0.1, -0.05) is 257 Å². The molecule has 0 rings (SSSR count). The van der Waals surface area contributed by atoms with Crippen molar-refractivity contribution in [2.24, 2.45) is 0 Å². The summed E-state index contributed by atoms with van der Waals surface area (Å²) in [4.78, 5) is 38.1. The summed E-state index contributed by atoms with van der Waals surface area (Å²) in [5, 5.41) is 0. The molecular formula is C68H110O6. The van der Waals surface area contributed by atoms with Crippen LogP contribution in [0.4, 0.5) is 0 Å². The molecule has 0 N–H and O–H groups in total. The van der Waals surface area contributed by atoms with Gasteiger partial charge in [0.1, 0.15) is 13.2 Å². The van der Waals surface area contributed by atoms with Gasteiger partial charge in [0.25, 0.3) is 0 Å². The van der Waals surface area contributed by atoms with E-state index in [9.17, 15) is 14.4 Å². The van der Waals surface area contributed by atoms with Crippen LogP contribution in [0, 0.1) is 0 Å². The molecule has 0 aliphatic carbocycles. The number of ether oxygens (including phenoxy) is 3. The molecule has 0 heterocycles. The van der Waals surface area contributed by atoms with E-state index in [2.05, 4.69) is 154 Å². The average molecular weight is 1020 g/mol. The summed E-state index contributed by atoms with van der Waals surface area (Å²) in [6.07, 6.45) is 86.0. The monoisotopic (exact) mass is 1020 g/mol. The number of rotatable bonds is 53. The lowest BCUT2D eigenvalue weighted by Crippen LogP contribution is -2.30. The lowest BCUT2D eigenvalue weighted by Gasteiger charge is -2.18.